The van der Waals surface area contributed by atoms with Crippen LogP contribution < -0.4 is 15.8 Å². The number of methoxy groups -OCH3 is 1. The Morgan fingerprint density at radius 3 is 2.60 bits per heavy atom. The summed E-state index contributed by atoms with van der Waals surface area (Å²) >= 11 is 1.33. The van der Waals surface area contributed by atoms with E-state index < -0.39 is 0 Å². The summed E-state index contributed by atoms with van der Waals surface area (Å²) in [4.78, 5) is 18.3. The number of pyridine rings is 1. The lowest BCUT2D eigenvalue weighted by atomic mass is 10.1. The van der Waals surface area contributed by atoms with Gasteiger partial charge in [-0.05, 0) is 43.2 Å². The number of halogens is 1. The molecule has 0 bridgehead atoms. The van der Waals surface area contributed by atoms with E-state index in [1.54, 1.807) is 7.11 Å². The molecule has 2 heterocycles. The number of aryl methyl sites for hydroxylation is 2. The first kappa shape index (κ1) is 19.0. The van der Waals surface area contributed by atoms with Gasteiger partial charge in [-0.3, -0.25) is 4.79 Å². The van der Waals surface area contributed by atoms with Crippen molar-refractivity contribution in [2.75, 3.05) is 12.8 Å². The summed E-state index contributed by atoms with van der Waals surface area (Å²) in [6.45, 7) is 4.35. The van der Waals surface area contributed by atoms with Crippen LogP contribution in [0.25, 0.3) is 10.2 Å². The van der Waals surface area contributed by atoms with Gasteiger partial charge in [0.2, 0.25) is 0 Å². The number of anilines is 1. The Morgan fingerprint density at radius 1 is 1.28 bits per heavy atom. The van der Waals surface area contributed by atoms with Crippen LogP contribution in [0.5, 0.6) is 5.75 Å². The molecular weight excluding hydrogens is 358 g/mol. The fourth-order valence-electron chi connectivity index (χ4n) is 2.64. The zero-order valence-corrected chi connectivity index (χ0v) is 15.9. The summed E-state index contributed by atoms with van der Waals surface area (Å²) < 4.78 is 5.13. The fourth-order valence-corrected chi connectivity index (χ4v) is 3.78. The molecule has 1 aromatic carbocycles. The maximum atomic E-state index is 12.5. The standard InChI is InChI=1S/C18H19N3O2S.ClH/c1-10-8-11(2)21-18-14(10)15(19)16(24-18)17(22)20-9-12-4-6-13(23-3)7-5-12;/h4-8H,9,19H2,1-3H3,(H,20,22);1H. The lowest BCUT2D eigenvalue weighted by molar-refractivity contribution is 0.0956. The summed E-state index contributed by atoms with van der Waals surface area (Å²) in [6, 6.07) is 9.55. The number of nitrogens with two attached hydrogens (primary N) is 1. The van der Waals surface area contributed by atoms with Crippen molar-refractivity contribution in [2.24, 2.45) is 0 Å². The lowest BCUT2D eigenvalue weighted by Crippen LogP contribution is -2.22. The minimum atomic E-state index is -0.177. The van der Waals surface area contributed by atoms with Gasteiger partial charge < -0.3 is 15.8 Å². The molecule has 0 radical (unpaired) electrons. The summed E-state index contributed by atoms with van der Waals surface area (Å²) in [5.41, 5.74) is 9.66. The van der Waals surface area contributed by atoms with Crippen LogP contribution in [0.2, 0.25) is 0 Å². The highest BCUT2D eigenvalue weighted by Crippen LogP contribution is 2.34. The van der Waals surface area contributed by atoms with Crippen molar-refractivity contribution in [3.8, 4) is 5.75 Å². The van der Waals surface area contributed by atoms with E-state index in [0.29, 0.717) is 17.1 Å². The highest BCUT2D eigenvalue weighted by atomic mass is 35.5. The third-order valence-corrected chi connectivity index (χ3v) is 4.94. The largest absolute Gasteiger partial charge is 0.497 e. The number of nitrogens with zero attached hydrogens (tertiary/aromatic N) is 1. The number of nitrogens with one attached hydrogen (secondary N) is 1. The van der Waals surface area contributed by atoms with E-state index in [4.69, 9.17) is 10.5 Å². The van der Waals surface area contributed by atoms with E-state index in [1.165, 1.54) is 11.3 Å². The first-order valence-corrected chi connectivity index (χ1v) is 8.38. The Morgan fingerprint density at radius 2 is 1.96 bits per heavy atom. The number of aromatic nitrogens is 1. The topological polar surface area (TPSA) is 77.2 Å². The third kappa shape index (κ3) is 3.86. The van der Waals surface area contributed by atoms with Crippen LogP contribution in [0, 0.1) is 13.8 Å². The second kappa shape index (κ2) is 7.72. The number of fused-ring (bicyclic) bond motifs is 1. The van der Waals surface area contributed by atoms with Crippen molar-refractivity contribution < 1.29 is 9.53 Å². The molecule has 3 N–H and O–H groups in total. The number of thiophene rings is 1. The fraction of sp³-hybridized carbons (Fsp3) is 0.222. The Balaban J connectivity index is 0.00000225. The van der Waals surface area contributed by atoms with Gasteiger partial charge in [-0.2, -0.15) is 0 Å². The molecule has 0 fully saturated rings. The number of hydrogen-bond acceptors (Lipinski definition) is 5. The van der Waals surface area contributed by atoms with Crippen LogP contribution in [-0.4, -0.2) is 18.0 Å². The van der Waals surface area contributed by atoms with Gasteiger partial charge in [0.05, 0.1) is 12.8 Å². The Kier molecular flexibility index (Phi) is 5.87. The number of carbonyl (C=O) groups is 1. The zero-order valence-electron chi connectivity index (χ0n) is 14.3. The van der Waals surface area contributed by atoms with Crippen LogP contribution in [0.1, 0.15) is 26.5 Å². The number of hydrogen-bond donors (Lipinski definition) is 2. The predicted octanol–water partition coefficient (Wildman–Crippen LogP) is 3.86. The maximum Gasteiger partial charge on any atom is 0.263 e. The SMILES string of the molecule is COc1ccc(CNC(=O)c2sc3nc(C)cc(C)c3c2N)cc1.Cl. The molecule has 132 valence electrons. The molecule has 2 aromatic heterocycles. The molecule has 0 unspecified atom stereocenters. The lowest BCUT2D eigenvalue weighted by Gasteiger charge is -2.06. The Bertz CT molecular complexity index is 907. The number of nitrogen functional groups attached to an aromatic ring is 1. The molecule has 0 aliphatic heterocycles. The van der Waals surface area contributed by atoms with Gasteiger partial charge in [-0.15, -0.1) is 23.7 Å². The molecule has 1 amide bonds. The van der Waals surface area contributed by atoms with Crippen LogP contribution in [-0.2, 0) is 6.54 Å². The predicted molar refractivity (Wildman–Crippen MR) is 105 cm³/mol. The van der Waals surface area contributed by atoms with Gasteiger partial charge >= 0.3 is 0 Å². The van der Waals surface area contributed by atoms with E-state index >= 15 is 0 Å². The average Bonchev–Trinajstić information content (AvgIpc) is 2.90. The molecule has 5 nitrogen and oxygen atoms in total. The molecule has 0 aliphatic rings. The first-order chi connectivity index (χ1) is 11.5. The minimum absolute atomic E-state index is 0. The number of benzene rings is 1. The van der Waals surface area contributed by atoms with Crippen LogP contribution >= 0.6 is 23.7 Å². The molecule has 0 saturated heterocycles. The summed E-state index contributed by atoms with van der Waals surface area (Å²) in [5.74, 6) is 0.610. The van der Waals surface area contributed by atoms with Gasteiger partial charge in [0.1, 0.15) is 15.5 Å². The zero-order chi connectivity index (χ0) is 17.3. The molecule has 7 heteroatoms. The second-order valence-electron chi connectivity index (χ2n) is 5.64. The molecule has 0 spiro atoms. The molecule has 0 saturated carbocycles. The van der Waals surface area contributed by atoms with E-state index in [-0.39, 0.29) is 18.3 Å². The van der Waals surface area contributed by atoms with Crippen molar-refractivity contribution in [2.45, 2.75) is 20.4 Å². The van der Waals surface area contributed by atoms with Gasteiger partial charge in [-0.1, -0.05) is 12.1 Å². The molecule has 0 aliphatic carbocycles. The van der Waals surface area contributed by atoms with Crippen molar-refractivity contribution in [3.05, 3.63) is 52.0 Å². The van der Waals surface area contributed by atoms with Crippen molar-refractivity contribution in [1.82, 2.24) is 10.3 Å². The van der Waals surface area contributed by atoms with Gasteiger partial charge in [0.25, 0.3) is 5.91 Å². The molecule has 0 atom stereocenters. The smallest absolute Gasteiger partial charge is 0.263 e. The number of ether oxygens (including phenoxy) is 1. The van der Waals surface area contributed by atoms with E-state index in [9.17, 15) is 4.79 Å². The maximum absolute atomic E-state index is 12.5. The number of carbonyl (C=O) groups excluding carboxylic acids is 1. The van der Waals surface area contributed by atoms with E-state index in [2.05, 4.69) is 10.3 Å². The van der Waals surface area contributed by atoms with Gasteiger partial charge in [0.15, 0.2) is 0 Å². The molecule has 3 rings (SSSR count). The van der Waals surface area contributed by atoms with Gasteiger partial charge in [-0.25, -0.2) is 4.98 Å². The van der Waals surface area contributed by atoms with E-state index in [1.807, 2.05) is 44.2 Å². The number of amides is 1. The Hall–Kier alpha value is -2.31. The van der Waals surface area contributed by atoms with Crippen LogP contribution in [0.3, 0.4) is 0 Å². The third-order valence-electron chi connectivity index (χ3n) is 3.84. The first-order valence-electron chi connectivity index (χ1n) is 7.57. The average molecular weight is 378 g/mol. The summed E-state index contributed by atoms with van der Waals surface area (Å²) in [5, 5.41) is 3.79. The molecule has 3 aromatic rings. The molecular formula is C18H20ClN3O2S. The highest BCUT2D eigenvalue weighted by Gasteiger charge is 2.18. The van der Waals surface area contributed by atoms with E-state index in [0.717, 1.165) is 32.8 Å². The normalized spacial score (nSPS) is 10.4. The van der Waals surface area contributed by atoms with Crippen LogP contribution in [0.15, 0.2) is 30.3 Å². The van der Waals surface area contributed by atoms with Crippen molar-refractivity contribution in [3.63, 3.8) is 0 Å². The summed E-state index contributed by atoms with van der Waals surface area (Å²) in [6.07, 6.45) is 0. The van der Waals surface area contributed by atoms with Gasteiger partial charge in [0, 0.05) is 17.6 Å². The second-order valence-corrected chi connectivity index (χ2v) is 6.64. The van der Waals surface area contributed by atoms with Crippen LogP contribution in [0.4, 0.5) is 5.69 Å². The monoisotopic (exact) mass is 377 g/mol. The number of rotatable bonds is 4. The molecule has 25 heavy (non-hydrogen) atoms. The summed E-state index contributed by atoms with van der Waals surface area (Å²) in [7, 11) is 1.62. The highest BCUT2D eigenvalue weighted by molar-refractivity contribution is 7.21. The van der Waals surface area contributed by atoms with Crippen molar-refractivity contribution in [1.29, 1.82) is 0 Å². The van der Waals surface area contributed by atoms with Crippen molar-refractivity contribution >= 4 is 45.6 Å². The quantitative estimate of drug-likeness (QED) is 0.723. The Labute approximate surface area is 156 Å². The minimum Gasteiger partial charge on any atom is -0.497 e.